The van der Waals surface area contributed by atoms with Gasteiger partial charge >= 0.3 is 0 Å². The number of ether oxygens (including phenoxy) is 1. The summed E-state index contributed by atoms with van der Waals surface area (Å²) in [6, 6.07) is 37.9. The van der Waals surface area contributed by atoms with E-state index in [-0.39, 0.29) is 5.70 Å². The van der Waals surface area contributed by atoms with Gasteiger partial charge in [-0.3, -0.25) is 0 Å². The lowest BCUT2D eigenvalue weighted by Crippen LogP contribution is -2.29. The van der Waals surface area contributed by atoms with Gasteiger partial charge in [0.2, 0.25) is 0 Å². The first-order chi connectivity index (χ1) is 21.1. The molecule has 43 heavy (non-hydrogen) atoms. The van der Waals surface area contributed by atoms with E-state index in [4.69, 9.17) is 11.3 Å². The van der Waals surface area contributed by atoms with Gasteiger partial charge in [-0.2, -0.15) is 0 Å². The highest BCUT2D eigenvalue weighted by atomic mass is 16.5. The van der Waals surface area contributed by atoms with Gasteiger partial charge in [-0.15, -0.1) is 0 Å². The second kappa shape index (κ2) is 12.3. The number of aryl methyl sites for hydroxylation is 1. The molecule has 0 amide bonds. The SMILES string of the molecule is [C-]#[N+]/C(C#N)=C1C=C(/C=C/c2ccc(N(c3ccccc3)c3cccc4c3CCCC4)cc2)OC(C)(c2ccccc2)C\1. The van der Waals surface area contributed by atoms with E-state index < -0.39 is 5.60 Å². The summed E-state index contributed by atoms with van der Waals surface area (Å²) in [6.07, 6.45) is 10.9. The van der Waals surface area contributed by atoms with Crippen molar-refractivity contribution in [3.8, 4) is 6.07 Å². The van der Waals surface area contributed by atoms with Crippen molar-refractivity contribution in [2.75, 3.05) is 4.90 Å². The summed E-state index contributed by atoms with van der Waals surface area (Å²) in [5.41, 5.74) is 8.53. The van der Waals surface area contributed by atoms with Crippen LogP contribution in [0.4, 0.5) is 17.1 Å². The Balaban J connectivity index is 1.32. The number of anilines is 3. The van der Waals surface area contributed by atoms with Crippen molar-refractivity contribution < 1.29 is 4.74 Å². The average molecular weight is 560 g/mol. The van der Waals surface area contributed by atoms with Crippen molar-refractivity contribution in [2.24, 2.45) is 0 Å². The minimum atomic E-state index is -0.688. The van der Waals surface area contributed by atoms with Crippen molar-refractivity contribution in [3.63, 3.8) is 0 Å². The molecule has 1 heterocycles. The number of benzene rings is 4. The molecular weight excluding hydrogens is 526 g/mol. The van der Waals surface area contributed by atoms with E-state index in [0.717, 1.165) is 35.3 Å². The van der Waals surface area contributed by atoms with Crippen LogP contribution in [0.25, 0.3) is 10.9 Å². The van der Waals surface area contributed by atoms with Gasteiger partial charge in [-0.1, -0.05) is 78.9 Å². The third kappa shape index (κ3) is 5.87. The first kappa shape index (κ1) is 27.8. The predicted molar refractivity (Wildman–Crippen MR) is 174 cm³/mol. The number of rotatable bonds is 6. The number of fused-ring (bicyclic) bond motifs is 1. The summed E-state index contributed by atoms with van der Waals surface area (Å²) < 4.78 is 6.50. The monoisotopic (exact) mass is 559 g/mol. The minimum Gasteiger partial charge on any atom is -0.483 e. The first-order valence-electron chi connectivity index (χ1n) is 14.8. The second-order valence-electron chi connectivity index (χ2n) is 11.2. The fraction of sp³-hybridized carbons (Fsp3) is 0.179. The molecule has 210 valence electrons. The highest BCUT2D eigenvalue weighted by Crippen LogP contribution is 2.42. The van der Waals surface area contributed by atoms with E-state index >= 15 is 0 Å². The molecule has 0 spiro atoms. The Labute approximate surface area is 254 Å². The van der Waals surface area contributed by atoms with E-state index in [2.05, 4.69) is 88.6 Å². The number of para-hydroxylation sites is 1. The van der Waals surface area contributed by atoms with Crippen molar-refractivity contribution in [2.45, 2.75) is 44.6 Å². The maximum Gasteiger partial charge on any atom is 0.265 e. The summed E-state index contributed by atoms with van der Waals surface area (Å²) in [5.74, 6) is 0.620. The largest absolute Gasteiger partial charge is 0.483 e. The lowest BCUT2D eigenvalue weighted by Gasteiger charge is -2.36. The Hall–Kier alpha value is -5.32. The summed E-state index contributed by atoms with van der Waals surface area (Å²) in [7, 11) is 0. The van der Waals surface area contributed by atoms with Gasteiger partial charge in [0.25, 0.3) is 5.70 Å². The molecule has 2 aliphatic rings. The van der Waals surface area contributed by atoms with E-state index in [9.17, 15) is 5.26 Å². The molecule has 1 unspecified atom stereocenters. The van der Waals surface area contributed by atoms with Crippen LogP contribution in [0.3, 0.4) is 0 Å². The molecule has 0 N–H and O–H groups in total. The highest BCUT2D eigenvalue weighted by Gasteiger charge is 2.34. The Kier molecular flexibility index (Phi) is 7.94. The summed E-state index contributed by atoms with van der Waals surface area (Å²) in [5, 5.41) is 9.60. The van der Waals surface area contributed by atoms with Crippen LogP contribution in [0.2, 0.25) is 0 Å². The molecule has 4 nitrogen and oxygen atoms in total. The summed E-state index contributed by atoms with van der Waals surface area (Å²) >= 11 is 0. The normalized spacial score (nSPS) is 18.9. The first-order valence-corrected chi connectivity index (χ1v) is 14.8. The Morgan fingerprint density at radius 3 is 2.28 bits per heavy atom. The number of hydrogen-bond acceptors (Lipinski definition) is 3. The van der Waals surface area contributed by atoms with Crippen LogP contribution < -0.4 is 4.90 Å². The zero-order chi connectivity index (χ0) is 29.6. The van der Waals surface area contributed by atoms with Crippen LogP contribution in [0.1, 0.15) is 48.4 Å². The minimum absolute atomic E-state index is 0.102. The molecular formula is C39H33N3O. The Morgan fingerprint density at radius 2 is 1.56 bits per heavy atom. The van der Waals surface area contributed by atoms with Crippen LogP contribution in [0.15, 0.2) is 132 Å². The lowest BCUT2D eigenvalue weighted by atomic mass is 9.85. The standard InChI is InChI=1S/C39H33N3O/c1-39(32-14-5-3-6-15-32)27-31(37(28-40)41-2)26-35(43-39)25-22-29-20-23-34(24-21-29)42(33-16-7-4-8-17-33)38-19-11-13-30-12-9-10-18-36(30)38/h3-8,11,13-17,19-26H,9-10,12,18,27H2,1H3/b25-22+,37-31+. The van der Waals surface area contributed by atoms with Crippen molar-refractivity contribution in [1.82, 2.24) is 0 Å². The predicted octanol–water partition coefficient (Wildman–Crippen LogP) is 9.96. The van der Waals surface area contributed by atoms with Crippen LogP contribution in [0.5, 0.6) is 0 Å². The molecule has 0 bridgehead atoms. The summed E-state index contributed by atoms with van der Waals surface area (Å²) in [4.78, 5) is 5.85. The smallest absolute Gasteiger partial charge is 0.265 e. The number of nitriles is 1. The molecule has 4 heteroatoms. The highest BCUT2D eigenvalue weighted by molar-refractivity contribution is 5.79. The van der Waals surface area contributed by atoms with Crippen LogP contribution in [-0.4, -0.2) is 0 Å². The van der Waals surface area contributed by atoms with Gasteiger partial charge in [0, 0.05) is 23.5 Å². The molecule has 4 aromatic carbocycles. The van der Waals surface area contributed by atoms with Crippen LogP contribution >= 0.6 is 0 Å². The van der Waals surface area contributed by atoms with E-state index in [0.29, 0.717) is 17.8 Å². The topological polar surface area (TPSA) is 40.6 Å². The van der Waals surface area contributed by atoms with Gasteiger partial charge in [0.1, 0.15) is 11.4 Å². The summed E-state index contributed by atoms with van der Waals surface area (Å²) in [6.45, 7) is 9.53. The molecule has 0 radical (unpaired) electrons. The molecule has 1 aliphatic heterocycles. The van der Waals surface area contributed by atoms with Gasteiger partial charge in [0.05, 0.1) is 12.6 Å². The Bertz CT molecular complexity index is 1770. The van der Waals surface area contributed by atoms with Crippen molar-refractivity contribution >= 4 is 23.1 Å². The van der Waals surface area contributed by atoms with Crippen LogP contribution in [-0.2, 0) is 23.2 Å². The van der Waals surface area contributed by atoms with Gasteiger partial charge in [-0.05, 0) is 103 Å². The third-order valence-electron chi connectivity index (χ3n) is 8.31. The van der Waals surface area contributed by atoms with E-state index in [1.54, 1.807) is 0 Å². The fourth-order valence-corrected chi connectivity index (χ4v) is 6.15. The molecule has 0 aromatic heterocycles. The molecule has 0 fully saturated rings. The van der Waals surface area contributed by atoms with Crippen LogP contribution in [0, 0.1) is 17.9 Å². The maximum atomic E-state index is 9.60. The zero-order valence-electron chi connectivity index (χ0n) is 24.3. The lowest BCUT2D eigenvalue weighted by molar-refractivity contribution is 0.0143. The molecule has 0 saturated carbocycles. The molecule has 1 aliphatic carbocycles. The van der Waals surface area contributed by atoms with Gasteiger partial charge in [0.15, 0.2) is 0 Å². The van der Waals surface area contributed by atoms with E-state index in [1.165, 1.54) is 29.7 Å². The maximum absolute atomic E-state index is 9.60. The number of hydrogen-bond donors (Lipinski definition) is 0. The third-order valence-corrected chi connectivity index (χ3v) is 8.31. The second-order valence-corrected chi connectivity index (χ2v) is 11.2. The zero-order valence-corrected chi connectivity index (χ0v) is 24.3. The van der Waals surface area contributed by atoms with E-state index in [1.807, 2.05) is 55.5 Å². The quantitative estimate of drug-likeness (QED) is 0.174. The van der Waals surface area contributed by atoms with Crippen molar-refractivity contribution in [1.29, 1.82) is 5.26 Å². The number of allylic oxidation sites excluding steroid dienone is 3. The van der Waals surface area contributed by atoms with Gasteiger partial charge < -0.3 is 9.64 Å². The molecule has 0 saturated heterocycles. The fourth-order valence-electron chi connectivity index (χ4n) is 6.15. The molecule has 6 rings (SSSR count). The average Bonchev–Trinajstić information content (AvgIpc) is 3.06. The number of nitrogens with zero attached hydrogens (tertiary/aromatic N) is 3. The molecule has 1 atom stereocenters. The van der Waals surface area contributed by atoms with Gasteiger partial charge in [-0.25, -0.2) is 10.1 Å². The molecule has 4 aromatic rings. The Morgan fingerprint density at radius 1 is 0.860 bits per heavy atom. The van der Waals surface area contributed by atoms with Crippen molar-refractivity contribution in [3.05, 3.63) is 166 Å².